The maximum atomic E-state index is 11.1. The molecule has 10 nitrogen and oxygen atoms in total. The summed E-state index contributed by atoms with van der Waals surface area (Å²) in [5.74, 6) is -0.244. The number of hydrogen-bond donors (Lipinski definition) is 0. The van der Waals surface area contributed by atoms with Gasteiger partial charge < -0.3 is 42.6 Å². The summed E-state index contributed by atoms with van der Waals surface area (Å²) in [6.45, 7) is 12.8. The van der Waals surface area contributed by atoms with E-state index < -0.39 is 0 Å². The minimum Gasteiger partial charge on any atom is -0.466 e. The highest BCUT2D eigenvalue weighted by Gasteiger charge is 2.00. The Labute approximate surface area is 199 Å². The Morgan fingerprint density at radius 3 is 1.06 bits per heavy atom. The van der Waals surface area contributed by atoms with Crippen LogP contribution >= 0.6 is 0 Å². The van der Waals surface area contributed by atoms with Crippen LogP contribution in [0.25, 0.3) is 0 Å². The quantitative estimate of drug-likeness (QED) is 0.121. The first-order valence-corrected chi connectivity index (χ1v) is 12.1. The predicted octanol–water partition coefficient (Wildman–Crippen LogP) is 1.87. The van der Waals surface area contributed by atoms with E-state index in [2.05, 4.69) is 6.92 Å². The zero-order valence-corrected chi connectivity index (χ0v) is 20.7. The van der Waals surface area contributed by atoms with Crippen molar-refractivity contribution in [3.63, 3.8) is 0 Å². The van der Waals surface area contributed by atoms with Gasteiger partial charge in [-0.3, -0.25) is 4.79 Å². The molecule has 0 aromatic carbocycles. The van der Waals surface area contributed by atoms with E-state index in [4.69, 9.17) is 42.6 Å². The van der Waals surface area contributed by atoms with E-state index in [-0.39, 0.29) is 12.4 Å². The van der Waals surface area contributed by atoms with Gasteiger partial charge in [-0.2, -0.15) is 0 Å². The van der Waals surface area contributed by atoms with Crippen LogP contribution in [0.5, 0.6) is 0 Å². The van der Waals surface area contributed by atoms with Crippen molar-refractivity contribution in [1.82, 2.24) is 0 Å². The van der Waals surface area contributed by atoms with Gasteiger partial charge in [0, 0.05) is 6.61 Å². The number of esters is 1. The number of hydrogen-bond acceptors (Lipinski definition) is 10. The lowest BCUT2D eigenvalue weighted by Gasteiger charge is -2.08. The number of unbranched alkanes of at least 4 members (excludes halogenated alkanes) is 1. The predicted molar refractivity (Wildman–Crippen MR) is 123 cm³/mol. The summed E-state index contributed by atoms with van der Waals surface area (Å²) in [5, 5.41) is 0. The molecule has 198 valence electrons. The van der Waals surface area contributed by atoms with E-state index in [9.17, 15) is 4.79 Å². The van der Waals surface area contributed by atoms with Gasteiger partial charge >= 0.3 is 5.97 Å². The second kappa shape index (κ2) is 29.2. The van der Waals surface area contributed by atoms with Crippen LogP contribution in [0.15, 0.2) is 0 Å². The standard InChI is InChI=1S/C23H46O10/c1-3-5-7-25-9-11-27-13-15-29-17-19-31-21-22-32-20-18-30-16-14-28-12-10-26-8-6-23(24)33-4-2/h3-22H2,1-2H3. The molecule has 0 aliphatic heterocycles. The average molecular weight is 483 g/mol. The maximum Gasteiger partial charge on any atom is 0.308 e. The first-order valence-electron chi connectivity index (χ1n) is 12.1. The molecule has 0 rings (SSSR count). The molecule has 0 N–H and O–H groups in total. The van der Waals surface area contributed by atoms with Crippen LogP contribution in [0.2, 0.25) is 0 Å². The van der Waals surface area contributed by atoms with Crippen LogP contribution in [0, 0.1) is 0 Å². The SMILES string of the molecule is CCCCOCCOCCOCCOCCOCCOCCOCCOCCC(=O)OCC. The minimum atomic E-state index is -0.244. The monoisotopic (exact) mass is 482 g/mol. The lowest BCUT2D eigenvalue weighted by Crippen LogP contribution is -2.15. The van der Waals surface area contributed by atoms with Crippen LogP contribution in [0.3, 0.4) is 0 Å². The Kier molecular flexibility index (Phi) is 28.4. The first kappa shape index (κ1) is 32.1. The Morgan fingerprint density at radius 1 is 0.455 bits per heavy atom. The summed E-state index contributed by atoms with van der Waals surface area (Å²) >= 11 is 0. The Balaban J connectivity index is 3.03. The van der Waals surface area contributed by atoms with Crippen molar-refractivity contribution in [1.29, 1.82) is 0 Å². The van der Waals surface area contributed by atoms with E-state index in [0.29, 0.717) is 106 Å². The number of ether oxygens (including phenoxy) is 9. The minimum absolute atomic E-state index is 0.244. The van der Waals surface area contributed by atoms with E-state index in [0.717, 1.165) is 19.4 Å². The van der Waals surface area contributed by atoms with Crippen molar-refractivity contribution in [3.05, 3.63) is 0 Å². The Hall–Kier alpha value is -0.850. The molecule has 0 fully saturated rings. The van der Waals surface area contributed by atoms with Crippen LogP contribution < -0.4 is 0 Å². The average Bonchev–Trinajstić information content (AvgIpc) is 2.81. The number of carbonyl (C=O) groups excluding carboxylic acids is 1. The second-order valence-corrected chi connectivity index (χ2v) is 6.81. The molecule has 0 aromatic heterocycles. The summed E-state index contributed by atoms with van der Waals surface area (Å²) in [5.41, 5.74) is 0. The van der Waals surface area contributed by atoms with Gasteiger partial charge in [0.25, 0.3) is 0 Å². The molecular formula is C23H46O10. The highest BCUT2D eigenvalue weighted by atomic mass is 16.6. The molecule has 0 aromatic rings. The summed E-state index contributed by atoms with van der Waals surface area (Å²) in [4.78, 5) is 11.1. The summed E-state index contributed by atoms with van der Waals surface area (Å²) in [6, 6.07) is 0. The van der Waals surface area contributed by atoms with Crippen LogP contribution in [-0.2, 0) is 47.4 Å². The van der Waals surface area contributed by atoms with Crippen molar-refractivity contribution >= 4 is 5.97 Å². The summed E-state index contributed by atoms with van der Waals surface area (Å²) < 4.78 is 48.0. The van der Waals surface area contributed by atoms with Gasteiger partial charge in [0.1, 0.15) is 0 Å². The maximum absolute atomic E-state index is 11.1. The van der Waals surface area contributed by atoms with Crippen LogP contribution in [-0.4, -0.2) is 118 Å². The molecule has 0 amide bonds. The van der Waals surface area contributed by atoms with Gasteiger partial charge in [-0.05, 0) is 13.3 Å². The topological polar surface area (TPSA) is 100 Å². The van der Waals surface area contributed by atoms with E-state index >= 15 is 0 Å². The largest absolute Gasteiger partial charge is 0.466 e. The smallest absolute Gasteiger partial charge is 0.308 e. The Morgan fingerprint density at radius 2 is 0.758 bits per heavy atom. The van der Waals surface area contributed by atoms with Crippen molar-refractivity contribution in [3.8, 4) is 0 Å². The highest BCUT2D eigenvalue weighted by Crippen LogP contribution is 1.90. The molecular weight excluding hydrogens is 436 g/mol. The highest BCUT2D eigenvalue weighted by molar-refractivity contribution is 5.69. The van der Waals surface area contributed by atoms with Gasteiger partial charge in [-0.15, -0.1) is 0 Å². The fraction of sp³-hybridized carbons (Fsp3) is 0.957. The third-order valence-electron chi connectivity index (χ3n) is 4.00. The van der Waals surface area contributed by atoms with Crippen molar-refractivity contribution < 1.29 is 47.4 Å². The van der Waals surface area contributed by atoms with Gasteiger partial charge in [0.05, 0.1) is 112 Å². The number of carbonyl (C=O) groups is 1. The lowest BCUT2D eigenvalue weighted by atomic mass is 10.4. The van der Waals surface area contributed by atoms with Crippen molar-refractivity contribution in [2.24, 2.45) is 0 Å². The summed E-state index contributed by atoms with van der Waals surface area (Å²) in [7, 11) is 0. The fourth-order valence-corrected chi connectivity index (χ4v) is 2.28. The molecule has 33 heavy (non-hydrogen) atoms. The fourth-order valence-electron chi connectivity index (χ4n) is 2.28. The molecule has 0 aliphatic rings. The van der Waals surface area contributed by atoms with Gasteiger partial charge in [0.2, 0.25) is 0 Å². The number of rotatable bonds is 28. The molecule has 0 saturated heterocycles. The first-order chi connectivity index (χ1) is 16.3. The normalized spacial score (nSPS) is 11.2. The van der Waals surface area contributed by atoms with Crippen molar-refractivity contribution in [2.45, 2.75) is 33.1 Å². The van der Waals surface area contributed by atoms with E-state index in [1.54, 1.807) is 6.92 Å². The van der Waals surface area contributed by atoms with Crippen molar-refractivity contribution in [2.75, 3.05) is 112 Å². The molecule has 10 heteroatoms. The second-order valence-electron chi connectivity index (χ2n) is 6.81. The lowest BCUT2D eigenvalue weighted by molar-refractivity contribution is -0.144. The third-order valence-corrected chi connectivity index (χ3v) is 4.00. The zero-order valence-electron chi connectivity index (χ0n) is 20.7. The molecule has 0 bridgehead atoms. The molecule has 0 aliphatic carbocycles. The van der Waals surface area contributed by atoms with E-state index in [1.165, 1.54) is 0 Å². The molecule has 0 radical (unpaired) electrons. The van der Waals surface area contributed by atoms with Gasteiger partial charge in [-0.1, -0.05) is 13.3 Å². The molecule has 0 heterocycles. The van der Waals surface area contributed by atoms with E-state index in [1.807, 2.05) is 0 Å². The molecule has 0 unspecified atom stereocenters. The van der Waals surface area contributed by atoms with Crippen LogP contribution in [0.4, 0.5) is 0 Å². The van der Waals surface area contributed by atoms with Gasteiger partial charge in [0.15, 0.2) is 0 Å². The van der Waals surface area contributed by atoms with Crippen LogP contribution in [0.1, 0.15) is 33.1 Å². The Bertz CT molecular complexity index is 384. The third kappa shape index (κ3) is 29.1. The molecule has 0 spiro atoms. The molecule has 0 saturated carbocycles. The van der Waals surface area contributed by atoms with Gasteiger partial charge in [-0.25, -0.2) is 0 Å². The zero-order chi connectivity index (χ0) is 24.1. The molecule has 0 atom stereocenters. The summed E-state index contributed by atoms with van der Waals surface area (Å²) in [6.07, 6.45) is 2.51.